The molecule has 4 aromatic rings. The van der Waals surface area contributed by atoms with Crippen LogP contribution in [-0.4, -0.2) is 77.8 Å². The minimum atomic E-state index is -5.10. The largest absolute Gasteiger partial charge is 0.419 e. The molecule has 1 unspecified atom stereocenters. The monoisotopic (exact) mass is 654 g/mol. The molecule has 5 heterocycles. The van der Waals surface area contributed by atoms with Gasteiger partial charge in [0, 0.05) is 56.2 Å². The summed E-state index contributed by atoms with van der Waals surface area (Å²) in [6.45, 7) is 7.43. The summed E-state index contributed by atoms with van der Waals surface area (Å²) in [5.41, 5.74) is -0.725. The van der Waals surface area contributed by atoms with Crippen molar-refractivity contribution in [1.82, 2.24) is 34.0 Å². The first-order chi connectivity index (χ1) is 21.7. The number of imidazole rings is 1. The van der Waals surface area contributed by atoms with Crippen LogP contribution in [0.25, 0.3) is 16.9 Å². The lowest BCUT2D eigenvalue weighted by Crippen LogP contribution is -2.60. The molecule has 0 radical (unpaired) electrons. The van der Waals surface area contributed by atoms with Gasteiger partial charge in [-0.1, -0.05) is 0 Å². The third kappa shape index (κ3) is 5.26. The van der Waals surface area contributed by atoms with Crippen LogP contribution in [0.4, 0.5) is 36.6 Å². The average Bonchev–Trinajstić information content (AvgIpc) is 3.71. The van der Waals surface area contributed by atoms with Crippen molar-refractivity contribution in [3.05, 3.63) is 47.0 Å². The zero-order valence-corrected chi connectivity index (χ0v) is 25.4. The maximum Gasteiger partial charge on any atom is 0.419 e. The number of halogens is 7. The second kappa shape index (κ2) is 11.0. The van der Waals surface area contributed by atoms with Gasteiger partial charge in [0.2, 0.25) is 5.92 Å². The zero-order chi connectivity index (χ0) is 32.7. The molecule has 7 rings (SSSR count). The molecule has 0 N–H and O–H groups in total. The molecule has 16 heteroatoms. The van der Waals surface area contributed by atoms with Crippen LogP contribution in [0.1, 0.15) is 62.5 Å². The number of anilines is 1. The summed E-state index contributed by atoms with van der Waals surface area (Å²) in [6, 6.07) is -1.15. The number of rotatable bonds is 6. The van der Waals surface area contributed by atoms with Crippen LogP contribution in [0.2, 0.25) is 0 Å². The number of aryl methyl sites for hydroxylation is 1. The average molecular weight is 655 g/mol. The van der Waals surface area contributed by atoms with Gasteiger partial charge in [-0.15, -0.1) is 10.2 Å². The van der Waals surface area contributed by atoms with Gasteiger partial charge in [0.05, 0.1) is 18.2 Å². The summed E-state index contributed by atoms with van der Waals surface area (Å²) >= 11 is 0. The minimum Gasteiger partial charge on any atom is -0.376 e. The van der Waals surface area contributed by atoms with Crippen molar-refractivity contribution in [3.63, 3.8) is 0 Å². The number of hydrogen-bond acceptors (Lipinski definition) is 7. The minimum absolute atomic E-state index is 0.0352. The maximum absolute atomic E-state index is 15.4. The number of nitrogens with zero attached hydrogens (tertiary/aromatic N) is 8. The number of ether oxygens (including phenoxy) is 1. The van der Waals surface area contributed by atoms with E-state index in [9.17, 15) is 26.3 Å². The van der Waals surface area contributed by atoms with Crippen LogP contribution in [0.5, 0.6) is 0 Å². The molecule has 9 nitrogen and oxygen atoms in total. The van der Waals surface area contributed by atoms with Crippen molar-refractivity contribution >= 4 is 22.8 Å². The van der Waals surface area contributed by atoms with Crippen molar-refractivity contribution in [1.29, 1.82) is 0 Å². The molecule has 46 heavy (non-hydrogen) atoms. The van der Waals surface area contributed by atoms with E-state index in [2.05, 4.69) is 14.8 Å². The van der Waals surface area contributed by atoms with E-state index in [0.717, 1.165) is 24.3 Å². The van der Waals surface area contributed by atoms with Gasteiger partial charge < -0.3 is 14.2 Å². The lowest BCUT2D eigenvalue weighted by Gasteiger charge is -2.52. The normalized spacial score (nSPS) is 25.1. The van der Waals surface area contributed by atoms with Crippen LogP contribution in [0.15, 0.2) is 18.5 Å². The predicted molar refractivity (Wildman–Crippen MR) is 153 cm³/mol. The Kier molecular flexibility index (Phi) is 7.45. The molecule has 2 aliphatic heterocycles. The topological polar surface area (TPSA) is 76.6 Å². The van der Waals surface area contributed by atoms with Gasteiger partial charge in [-0.05, 0) is 51.7 Å². The van der Waals surface area contributed by atoms with Crippen LogP contribution in [0.3, 0.4) is 0 Å². The smallest absolute Gasteiger partial charge is 0.376 e. The Morgan fingerprint density at radius 3 is 2.48 bits per heavy atom. The van der Waals surface area contributed by atoms with Gasteiger partial charge in [-0.3, -0.25) is 4.90 Å². The molecule has 4 atom stereocenters. The van der Waals surface area contributed by atoms with E-state index in [1.165, 1.54) is 0 Å². The van der Waals surface area contributed by atoms with Crippen LogP contribution >= 0.6 is 0 Å². The van der Waals surface area contributed by atoms with Gasteiger partial charge in [0.1, 0.15) is 29.3 Å². The Bertz CT molecular complexity index is 1770. The van der Waals surface area contributed by atoms with E-state index in [4.69, 9.17) is 14.7 Å². The van der Waals surface area contributed by atoms with Crippen LogP contribution < -0.4 is 4.90 Å². The summed E-state index contributed by atoms with van der Waals surface area (Å²) in [4.78, 5) is 13.5. The second-order valence-electron chi connectivity index (χ2n) is 12.9. The van der Waals surface area contributed by atoms with Crippen LogP contribution in [0, 0.1) is 24.5 Å². The van der Waals surface area contributed by atoms with E-state index in [1.807, 2.05) is 25.7 Å². The van der Waals surface area contributed by atoms with Crippen LogP contribution in [-0.2, 0) is 17.5 Å². The number of alkyl halides is 5. The number of benzene rings is 1. The molecule has 1 aromatic carbocycles. The van der Waals surface area contributed by atoms with Crippen molar-refractivity contribution in [2.75, 3.05) is 24.6 Å². The summed E-state index contributed by atoms with van der Waals surface area (Å²) in [5, 5.41) is 8.26. The lowest BCUT2D eigenvalue weighted by atomic mass is 9.72. The number of aromatic nitrogens is 6. The van der Waals surface area contributed by atoms with Gasteiger partial charge in [-0.2, -0.15) is 18.2 Å². The quantitative estimate of drug-likeness (QED) is 0.238. The molecule has 2 saturated heterocycles. The molecule has 0 spiro atoms. The Morgan fingerprint density at radius 2 is 1.80 bits per heavy atom. The highest BCUT2D eigenvalue weighted by Gasteiger charge is 2.52. The molecular weight excluding hydrogens is 621 g/mol. The van der Waals surface area contributed by atoms with Crippen molar-refractivity contribution in [2.45, 2.75) is 89.3 Å². The van der Waals surface area contributed by atoms with Crippen molar-refractivity contribution < 1.29 is 35.5 Å². The van der Waals surface area contributed by atoms with Crippen molar-refractivity contribution in [3.8, 4) is 0 Å². The number of hydrogen-bond donors (Lipinski definition) is 0. The Morgan fingerprint density at radius 1 is 1.04 bits per heavy atom. The number of piperazine rings is 1. The summed E-state index contributed by atoms with van der Waals surface area (Å²) in [7, 11) is 0. The van der Waals surface area contributed by atoms with E-state index < -0.39 is 60.1 Å². The fourth-order valence-corrected chi connectivity index (χ4v) is 7.44. The highest BCUT2D eigenvalue weighted by atomic mass is 19.4. The van der Waals surface area contributed by atoms with E-state index in [1.54, 1.807) is 15.6 Å². The van der Waals surface area contributed by atoms with E-state index >= 15 is 4.39 Å². The zero-order valence-electron chi connectivity index (χ0n) is 25.4. The maximum atomic E-state index is 15.4. The van der Waals surface area contributed by atoms with Crippen molar-refractivity contribution in [2.24, 2.45) is 5.92 Å². The summed E-state index contributed by atoms with van der Waals surface area (Å²) in [6.07, 6.45) is -2.74. The van der Waals surface area contributed by atoms with E-state index in [-0.39, 0.29) is 30.3 Å². The second-order valence-corrected chi connectivity index (χ2v) is 12.9. The first kappa shape index (κ1) is 31.1. The molecule has 248 valence electrons. The summed E-state index contributed by atoms with van der Waals surface area (Å²) < 4.78 is 108. The van der Waals surface area contributed by atoms with E-state index in [0.29, 0.717) is 42.9 Å². The first-order valence-corrected chi connectivity index (χ1v) is 15.4. The highest BCUT2D eigenvalue weighted by molar-refractivity contribution is 5.87. The molecule has 3 aliphatic rings. The first-order valence-electron chi connectivity index (χ1n) is 15.4. The Labute approximate surface area is 259 Å². The molecule has 0 amide bonds. The molecular formula is C30H33F7N8O. The molecule has 3 aromatic heterocycles. The SMILES string of the molecule is Cc1nc2c(N3C[C@@H](C)N(C(c4cc(F)c(C(F)(F)F)cc4F)C4CC(F)(F)C4)C[C@@H]3C)nc3nncn3c2n1C[C@@H]1CCCO1. The predicted octanol–water partition coefficient (Wildman–Crippen LogP) is 5.94. The third-order valence-corrected chi connectivity index (χ3v) is 9.66. The standard InChI is InChI=1S/C30H33F7N8O/c1-15-12-43(26-24-27(45-14-38-41-28(45)40-26)44(17(3)39-24)13-19-5-4-6-46-19)16(2)11-42(15)25(18-9-29(33,34)10-18)20-7-23(32)21(8-22(20)31)30(35,36)37/h7-8,14-16,18-19,25H,4-6,9-13H2,1-3H3/t15-,16+,19+,25?/m1/s1. The third-order valence-electron chi connectivity index (χ3n) is 9.66. The summed E-state index contributed by atoms with van der Waals surface area (Å²) in [5.74, 6) is -5.03. The fraction of sp³-hybridized carbons (Fsp3) is 0.600. The molecule has 1 aliphatic carbocycles. The van der Waals surface area contributed by atoms with Gasteiger partial charge in [0.25, 0.3) is 5.78 Å². The molecule has 0 bridgehead atoms. The molecule has 1 saturated carbocycles. The fourth-order valence-electron chi connectivity index (χ4n) is 7.44. The Hall–Kier alpha value is -3.53. The van der Waals surface area contributed by atoms with Gasteiger partial charge >= 0.3 is 6.18 Å². The Balaban J connectivity index is 1.25. The lowest BCUT2D eigenvalue weighted by molar-refractivity contribution is -0.140. The van der Waals surface area contributed by atoms with Gasteiger partial charge in [-0.25, -0.2) is 26.9 Å². The van der Waals surface area contributed by atoms with Gasteiger partial charge in [0.15, 0.2) is 11.5 Å². The molecule has 3 fully saturated rings. The highest BCUT2D eigenvalue weighted by Crippen LogP contribution is 2.52. The number of fused-ring (bicyclic) bond motifs is 3.